The van der Waals surface area contributed by atoms with Crippen LogP contribution in [0, 0.1) is 0 Å². The Kier molecular flexibility index (Phi) is 7.68. The summed E-state index contributed by atoms with van der Waals surface area (Å²) < 4.78 is 0. The average molecular weight is 550 g/mol. The molecule has 0 aliphatic rings. The first-order valence-electron chi connectivity index (χ1n) is 10.7. The van der Waals surface area contributed by atoms with E-state index in [0.717, 1.165) is 33.6 Å². The normalized spacial score (nSPS) is 11.4. The van der Waals surface area contributed by atoms with Gasteiger partial charge in [0, 0.05) is 31.9 Å². The Morgan fingerprint density at radius 3 is 1.53 bits per heavy atom. The van der Waals surface area contributed by atoms with Crippen molar-refractivity contribution in [2.75, 3.05) is 10.9 Å². The maximum absolute atomic E-state index is 5.96. The van der Waals surface area contributed by atoms with Gasteiger partial charge >= 0.3 is 0 Å². The van der Waals surface area contributed by atoms with Gasteiger partial charge in [0.2, 0.25) is 10.3 Å². The molecule has 10 heteroatoms. The Hall–Kier alpha value is -3.56. The van der Waals surface area contributed by atoms with E-state index in [-0.39, 0.29) is 0 Å². The maximum Gasteiger partial charge on any atom is 0.203 e. The van der Waals surface area contributed by atoms with Crippen molar-refractivity contribution >= 4 is 68.6 Å². The highest BCUT2D eigenvalue weighted by Crippen LogP contribution is 2.27. The fourth-order valence-electron chi connectivity index (χ4n) is 3.20. The van der Waals surface area contributed by atoms with E-state index in [9.17, 15) is 0 Å². The molecule has 0 bridgehead atoms. The summed E-state index contributed by atoms with van der Waals surface area (Å²) in [5.74, 6) is 0. The van der Waals surface area contributed by atoms with Crippen LogP contribution in [0.1, 0.15) is 11.1 Å². The summed E-state index contributed by atoms with van der Waals surface area (Å²) >= 11 is 14.9. The number of thiazole rings is 2. The Bertz CT molecular complexity index is 1400. The predicted molar refractivity (Wildman–Crippen MR) is 154 cm³/mol. The molecular formula is C26H18Cl2N6S2. The van der Waals surface area contributed by atoms with E-state index in [2.05, 4.69) is 31.0 Å². The summed E-state index contributed by atoms with van der Waals surface area (Å²) in [5.41, 5.74) is 11.6. The summed E-state index contributed by atoms with van der Waals surface area (Å²) in [5, 5.41) is 15.4. The molecule has 0 aliphatic heterocycles. The van der Waals surface area contributed by atoms with Crippen LogP contribution in [0.25, 0.3) is 22.5 Å². The van der Waals surface area contributed by atoms with Gasteiger partial charge in [-0.2, -0.15) is 10.2 Å². The standard InChI is InChI=1S/C26H18Cl2N6S2/c27-21-8-4-19(5-9-21)23-15-35-25(31-23)33-29-13-17-2-1-3-18(12-17)14-30-34-26-32-24(16-36-26)20-6-10-22(28)11-7-20/h1-16H,(H,31,33)(H,32,34)/b29-13-,30-14+. The summed E-state index contributed by atoms with van der Waals surface area (Å²) in [6.45, 7) is 0. The molecule has 5 rings (SSSR count). The lowest BCUT2D eigenvalue weighted by molar-refractivity contribution is 1.28. The minimum absolute atomic E-state index is 0.700. The molecule has 0 atom stereocenters. The van der Waals surface area contributed by atoms with Crippen molar-refractivity contribution in [1.82, 2.24) is 9.97 Å². The highest BCUT2D eigenvalue weighted by Gasteiger charge is 2.05. The number of nitrogens with zero attached hydrogens (tertiary/aromatic N) is 4. The lowest BCUT2D eigenvalue weighted by Crippen LogP contribution is -1.93. The summed E-state index contributed by atoms with van der Waals surface area (Å²) in [4.78, 5) is 9.13. The fourth-order valence-corrected chi connectivity index (χ4v) is 4.79. The monoisotopic (exact) mass is 548 g/mol. The summed E-state index contributed by atoms with van der Waals surface area (Å²) in [6.07, 6.45) is 3.49. The second kappa shape index (κ2) is 11.5. The molecule has 2 N–H and O–H groups in total. The van der Waals surface area contributed by atoms with Gasteiger partial charge in [0.1, 0.15) is 0 Å². The summed E-state index contributed by atoms with van der Waals surface area (Å²) in [7, 11) is 0. The van der Waals surface area contributed by atoms with E-state index < -0.39 is 0 Å². The molecule has 0 radical (unpaired) electrons. The van der Waals surface area contributed by atoms with Crippen molar-refractivity contribution in [1.29, 1.82) is 0 Å². The summed E-state index contributed by atoms with van der Waals surface area (Å²) in [6, 6.07) is 23.0. The smallest absolute Gasteiger partial charge is 0.203 e. The molecule has 0 saturated heterocycles. The van der Waals surface area contributed by atoms with Crippen LogP contribution >= 0.6 is 45.9 Å². The number of aromatic nitrogens is 2. The van der Waals surface area contributed by atoms with Crippen LogP contribution in [0.4, 0.5) is 10.3 Å². The van der Waals surface area contributed by atoms with Crippen LogP contribution < -0.4 is 10.9 Å². The van der Waals surface area contributed by atoms with Crippen molar-refractivity contribution in [2.24, 2.45) is 10.2 Å². The highest BCUT2D eigenvalue weighted by molar-refractivity contribution is 7.14. The molecule has 0 saturated carbocycles. The molecule has 0 unspecified atom stereocenters. The molecule has 2 aromatic heterocycles. The fraction of sp³-hybridized carbons (Fsp3) is 0. The van der Waals surface area contributed by atoms with E-state index in [4.69, 9.17) is 23.2 Å². The Morgan fingerprint density at radius 2 is 1.08 bits per heavy atom. The second-order valence-corrected chi connectivity index (χ2v) is 10.1. The highest BCUT2D eigenvalue weighted by atomic mass is 35.5. The molecule has 0 fully saturated rings. The van der Waals surface area contributed by atoms with Crippen molar-refractivity contribution in [3.8, 4) is 22.5 Å². The maximum atomic E-state index is 5.96. The Morgan fingerprint density at radius 1 is 0.639 bits per heavy atom. The van der Waals surface area contributed by atoms with Gasteiger partial charge in [0.05, 0.1) is 23.8 Å². The van der Waals surface area contributed by atoms with Crippen LogP contribution in [0.3, 0.4) is 0 Å². The van der Waals surface area contributed by atoms with Crippen LogP contribution in [0.5, 0.6) is 0 Å². The van der Waals surface area contributed by atoms with E-state index in [0.29, 0.717) is 20.3 Å². The van der Waals surface area contributed by atoms with Gasteiger partial charge in [-0.05, 0) is 41.5 Å². The molecular weight excluding hydrogens is 531 g/mol. The van der Waals surface area contributed by atoms with Gasteiger partial charge in [-0.3, -0.25) is 10.9 Å². The molecule has 0 spiro atoms. The first kappa shape index (κ1) is 24.1. The zero-order chi connectivity index (χ0) is 24.7. The van der Waals surface area contributed by atoms with Crippen LogP contribution in [-0.2, 0) is 0 Å². The van der Waals surface area contributed by atoms with E-state index in [1.807, 2.05) is 83.6 Å². The first-order chi connectivity index (χ1) is 17.6. The number of hydrogen-bond donors (Lipinski definition) is 2. The molecule has 5 aromatic rings. The average Bonchev–Trinajstić information content (AvgIpc) is 3.56. The molecule has 0 amide bonds. The first-order valence-corrected chi connectivity index (χ1v) is 13.2. The SMILES string of the molecule is Clc1ccc(-c2csc(N/N=C\c3cccc(/C=N/Nc4nc(-c5ccc(Cl)cc5)cs4)c3)n2)cc1. The third-order valence-electron chi connectivity index (χ3n) is 4.95. The van der Waals surface area contributed by atoms with Crippen molar-refractivity contribution < 1.29 is 0 Å². The van der Waals surface area contributed by atoms with Gasteiger partial charge in [-0.15, -0.1) is 22.7 Å². The number of benzene rings is 3. The number of hydrogen-bond acceptors (Lipinski definition) is 8. The van der Waals surface area contributed by atoms with Crippen LogP contribution in [0.15, 0.2) is 93.8 Å². The van der Waals surface area contributed by atoms with Gasteiger partial charge in [0.25, 0.3) is 0 Å². The van der Waals surface area contributed by atoms with E-state index in [1.54, 1.807) is 12.4 Å². The minimum atomic E-state index is 0.700. The van der Waals surface area contributed by atoms with E-state index >= 15 is 0 Å². The minimum Gasteiger partial charge on any atom is -0.253 e. The lowest BCUT2D eigenvalue weighted by atomic mass is 10.1. The molecule has 6 nitrogen and oxygen atoms in total. The van der Waals surface area contributed by atoms with Crippen molar-refractivity contribution in [3.05, 3.63) is 105 Å². The predicted octanol–water partition coefficient (Wildman–Crippen LogP) is 8.13. The number of anilines is 2. The zero-order valence-electron chi connectivity index (χ0n) is 18.6. The third-order valence-corrected chi connectivity index (χ3v) is 6.94. The molecule has 2 heterocycles. The molecule has 178 valence electrons. The quantitative estimate of drug-likeness (QED) is 0.151. The van der Waals surface area contributed by atoms with Gasteiger partial charge < -0.3 is 0 Å². The third kappa shape index (κ3) is 6.35. The van der Waals surface area contributed by atoms with E-state index in [1.165, 1.54) is 22.7 Å². The van der Waals surface area contributed by atoms with Crippen molar-refractivity contribution in [2.45, 2.75) is 0 Å². The Labute approximate surface area is 226 Å². The molecule has 0 aliphatic carbocycles. The molecule has 3 aromatic carbocycles. The Balaban J connectivity index is 1.17. The lowest BCUT2D eigenvalue weighted by Gasteiger charge is -1.98. The topological polar surface area (TPSA) is 74.6 Å². The van der Waals surface area contributed by atoms with Crippen molar-refractivity contribution in [3.63, 3.8) is 0 Å². The largest absolute Gasteiger partial charge is 0.253 e. The van der Waals surface area contributed by atoms with Gasteiger partial charge in [0.15, 0.2) is 0 Å². The number of rotatable bonds is 8. The number of hydrazone groups is 2. The van der Waals surface area contributed by atoms with Gasteiger partial charge in [-0.25, -0.2) is 9.97 Å². The number of halogens is 2. The second-order valence-electron chi connectivity index (χ2n) is 7.50. The van der Waals surface area contributed by atoms with Crippen LogP contribution in [-0.4, -0.2) is 22.4 Å². The zero-order valence-corrected chi connectivity index (χ0v) is 21.7. The molecule has 36 heavy (non-hydrogen) atoms. The van der Waals surface area contributed by atoms with Gasteiger partial charge in [-0.1, -0.05) is 65.7 Å². The van der Waals surface area contributed by atoms with Crippen LogP contribution in [0.2, 0.25) is 10.0 Å². The number of nitrogens with one attached hydrogen (secondary N) is 2.